The molecule has 2 atom stereocenters. The van der Waals surface area contributed by atoms with Crippen LogP contribution in [0.5, 0.6) is 0 Å². The molecule has 2 unspecified atom stereocenters. The summed E-state index contributed by atoms with van der Waals surface area (Å²) in [7, 11) is 1.35. The Labute approximate surface area is 149 Å². The standard InChI is InChI=1S/C17H30O6S/c1-6-9-23-16(20)17(4,11-13(3)15(19)22-7-2)12-24-10-8-14(18)21-5/h13H,6-12H2,1-5H3. The van der Waals surface area contributed by atoms with Crippen LogP contribution in [0.3, 0.4) is 0 Å². The van der Waals surface area contributed by atoms with Gasteiger partial charge in [0.2, 0.25) is 0 Å². The van der Waals surface area contributed by atoms with E-state index in [2.05, 4.69) is 4.74 Å². The molecule has 0 radical (unpaired) electrons. The van der Waals surface area contributed by atoms with E-state index in [0.717, 1.165) is 6.42 Å². The molecule has 140 valence electrons. The molecular formula is C17H30O6S. The summed E-state index contributed by atoms with van der Waals surface area (Å²) < 4.78 is 14.9. The van der Waals surface area contributed by atoms with Gasteiger partial charge in [-0.05, 0) is 26.7 Å². The van der Waals surface area contributed by atoms with Crippen molar-refractivity contribution < 1.29 is 28.6 Å². The molecule has 0 aliphatic heterocycles. The van der Waals surface area contributed by atoms with E-state index >= 15 is 0 Å². The highest BCUT2D eigenvalue weighted by Gasteiger charge is 2.38. The molecule has 0 aromatic rings. The van der Waals surface area contributed by atoms with Crippen LogP contribution in [0.2, 0.25) is 0 Å². The molecule has 24 heavy (non-hydrogen) atoms. The van der Waals surface area contributed by atoms with E-state index in [1.807, 2.05) is 6.92 Å². The number of hydrogen-bond donors (Lipinski definition) is 0. The predicted octanol–water partition coefficient (Wildman–Crippen LogP) is 2.83. The summed E-state index contributed by atoms with van der Waals surface area (Å²) in [6.07, 6.45) is 1.37. The Hall–Kier alpha value is -1.24. The van der Waals surface area contributed by atoms with Gasteiger partial charge in [-0.1, -0.05) is 13.8 Å². The maximum absolute atomic E-state index is 12.4. The van der Waals surface area contributed by atoms with E-state index in [9.17, 15) is 14.4 Å². The topological polar surface area (TPSA) is 78.9 Å². The first-order chi connectivity index (χ1) is 11.3. The summed E-state index contributed by atoms with van der Waals surface area (Å²) in [5, 5.41) is 0. The first-order valence-electron chi connectivity index (χ1n) is 8.29. The Morgan fingerprint density at radius 1 is 1.17 bits per heavy atom. The third kappa shape index (κ3) is 8.57. The molecular weight excluding hydrogens is 332 g/mol. The Morgan fingerprint density at radius 3 is 2.38 bits per heavy atom. The number of carbonyl (C=O) groups excluding carboxylic acids is 3. The Balaban J connectivity index is 4.78. The van der Waals surface area contributed by atoms with Crippen LogP contribution in [0.4, 0.5) is 0 Å². The normalized spacial score (nSPS) is 14.4. The highest BCUT2D eigenvalue weighted by molar-refractivity contribution is 7.99. The molecule has 0 aromatic carbocycles. The fourth-order valence-electron chi connectivity index (χ4n) is 2.17. The summed E-state index contributed by atoms with van der Waals surface area (Å²) in [5.74, 6) is -0.284. The highest BCUT2D eigenvalue weighted by atomic mass is 32.2. The average Bonchev–Trinajstić information content (AvgIpc) is 2.56. The quantitative estimate of drug-likeness (QED) is 0.300. The van der Waals surface area contributed by atoms with Crippen molar-refractivity contribution in [1.29, 1.82) is 0 Å². The van der Waals surface area contributed by atoms with Gasteiger partial charge in [-0.2, -0.15) is 11.8 Å². The highest BCUT2D eigenvalue weighted by Crippen LogP contribution is 2.33. The molecule has 0 aliphatic rings. The van der Waals surface area contributed by atoms with Gasteiger partial charge < -0.3 is 14.2 Å². The molecule has 0 saturated heterocycles. The second-order valence-electron chi connectivity index (χ2n) is 5.93. The zero-order chi connectivity index (χ0) is 18.6. The van der Waals surface area contributed by atoms with Gasteiger partial charge in [-0.25, -0.2) is 0 Å². The van der Waals surface area contributed by atoms with Crippen LogP contribution in [-0.2, 0) is 28.6 Å². The van der Waals surface area contributed by atoms with E-state index in [1.54, 1.807) is 20.8 Å². The number of methoxy groups -OCH3 is 1. The summed E-state index contributed by atoms with van der Waals surface area (Å²) in [6.45, 7) is 7.90. The number of rotatable bonds is 12. The smallest absolute Gasteiger partial charge is 0.312 e. The fourth-order valence-corrected chi connectivity index (χ4v) is 3.31. The molecule has 7 heteroatoms. The Kier molecular flexibility index (Phi) is 11.5. The van der Waals surface area contributed by atoms with Gasteiger partial charge in [0.05, 0.1) is 38.1 Å². The van der Waals surface area contributed by atoms with Crippen LogP contribution in [0.25, 0.3) is 0 Å². The minimum absolute atomic E-state index is 0.280. The largest absolute Gasteiger partial charge is 0.469 e. The Morgan fingerprint density at radius 2 is 1.83 bits per heavy atom. The predicted molar refractivity (Wildman–Crippen MR) is 93.7 cm³/mol. The zero-order valence-electron chi connectivity index (χ0n) is 15.4. The van der Waals surface area contributed by atoms with E-state index in [4.69, 9.17) is 9.47 Å². The molecule has 0 bridgehead atoms. The fraction of sp³-hybridized carbons (Fsp3) is 0.824. The first kappa shape index (κ1) is 22.8. The lowest BCUT2D eigenvalue weighted by Crippen LogP contribution is -2.36. The third-order valence-corrected chi connectivity index (χ3v) is 4.81. The molecule has 0 spiro atoms. The van der Waals surface area contributed by atoms with Gasteiger partial charge >= 0.3 is 17.9 Å². The summed E-state index contributed by atoms with van der Waals surface area (Å²) >= 11 is 1.48. The average molecular weight is 362 g/mol. The summed E-state index contributed by atoms with van der Waals surface area (Å²) in [6, 6.07) is 0. The molecule has 0 amide bonds. The minimum atomic E-state index is -0.803. The van der Waals surface area contributed by atoms with Crippen molar-refractivity contribution >= 4 is 29.7 Å². The number of ether oxygens (including phenoxy) is 3. The maximum Gasteiger partial charge on any atom is 0.312 e. The second kappa shape index (κ2) is 12.2. The van der Waals surface area contributed by atoms with Crippen LogP contribution in [-0.4, -0.2) is 49.7 Å². The number of esters is 3. The third-order valence-electron chi connectivity index (χ3n) is 3.47. The van der Waals surface area contributed by atoms with Crippen molar-refractivity contribution in [1.82, 2.24) is 0 Å². The van der Waals surface area contributed by atoms with Crippen LogP contribution in [0, 0.1) is 11.3 Å². The van der Waals surface area contributed by atoms with Crippen molar-refractivity contribution in [2.45, 2.75) is 47.0 Å². The molecule has 0 aliphatic carbocycles. The lowest BCUT2D eigenvalue weighted by molar-refractivity contribution is -0.157. The number of carbonyl (C=O) groups is 3. The van der Waals surface area contributed by atoms with Gasteiger partial charge in [0.25, 0.3) is 0 Å². The van der Waals surface area contributed by atoms with Crippen LogP contribution in [0.15, 0.2) is 0 Å². The van der Waals surface area contributed by atoms with Crippen LogP contribution in [0.1, 0.15) is 47.0 Å². The maximum atomic E-state index is 12.4. The summed E-state index contributed by atoms with van der Waals surface area (Å²) in [5.41, 5.74) is -0.803. The number of hydrogen-bond acceptors (Lipinski definition) is 7. The monoisotopic (exact) mass is 362 g/mol. The van der Waals surface area contributed by atoms with Gasteiger partial charge in [0.1, 0.15) is 0 Å². The number of thioether (sulfide) groups is 1. The first-order valence-corrected chi connectivity index (χ1v) is 9.44. The molecule has 0 saturated carbocycles. The molecule has 6 nitrogen and oxygen atoms in total. The van der Waals surface area contributed by atoms with E-state index < -0.39 is 11.3 Å². The van der Waals surface area contributed by atoms with E-state index in [0.29, 0.717) is 31.1 Å². The molecule has 0 heterocycles. The SMILES string of the molecule is CCCOC(=O)C(C)(CSCCC(=O)OC)CC(C)C(=O)OCC. The summed E-state index contributed by atoms with van der Waals surface area (Å²) in [4.78, 5) is 35.5. The minimum Gasteiger partial charge on any atom is -0.469 e. The second-order valence-corrected chi connectivity index (χ2v) is 7.04. The van der Waals surface area contributed by atoms with Gasteiger partial charge in [-0.3, -0.25) is 14.4 Å². The molecule has 0 rings (SSSR count). The molecule has 0 fully saturated rings. The Bertz CT molecular complexity index is 412. The van der Waals surface area contributed by atoms with E-state index in [1.165, 1.54) is 18.9 Å². The van der Waals surface area contributed by atoms with E-state index in [-0.39, 0.29) is 24.3 Å². The van der Waals surface area contributed by atoms with Crippen molar-refractivity contribution in [2.24, 2.45) is 11.3 Å². The lowest BCUT2D eigenvalue weighted by atomic mass is 9.83. The van der Waals surface area contributed by atoms with Crippen molar-refractivity contribution in [2.75, 3.05) is 31.8 Å². The van der Waals surface area contributed by atoms with Crippen molar-refractivity contribution in [3.05, 3.63) is 0 Å². The van der Waals surface area contributed by atoms with Gasteiger partial charge in [0, 0.05) is 11.5 Å². The van der Waals surface area contributed by atoms with Gasteiger partial charge in [-0.15, -0.1) is 0 Å². The molecule has 0 aromatic heterocycles. The van der Waals surface area contributed by atoms with Crippen LogP contribution < -0.4 is 0 Å². The lowest BCUT2D eigenvalue weighted by Gasteiger charge is -2.29. The van der Waals surface area contributed by atoms with Crippen molar-refractivity contribution in [3.63, 3.8) is 0 Å². The zero-order valence-corrected chi connectivity index (χ0v) is 16.2. The van der Waals surface area contributed by atoms with Crippen molar-refractivity contribution in [3.8, 4) is 0 Å². The van der Waals surface area contributed by atoms with Crippen LogP contribution >= 0.6 is 11.8 Å². The molecule has 0 N–H and O–H groups in total. The van der Waals surface area contributed by atoms with Gasteiger partial charge in [0.15, 0.2) is 0 Å².